The van der Waals surface area contributed by atoms with E-state index in [4.69, 9.17) is 5.73 Å². The van der Waals surface area contributed by atoms with Crippen LogP contribution in [-0.2, 0) is 0 Å². The summed E-state index contributed by atoms with van der Waals surface area (Å²) >= 11 is 0. The molecule has 2 aliphatic rings. The Hall–Kier alpha value is -0.0400. The highest BCUT2D eigenvalue weighted by atomic mass is 14.6. The Morgan fingerprint density at radius 2 is 1.70 bits per heavy atom. The number of nitrogens with two attached hydrogens (primary N) is 1. The first-order chi connectivity index (χ1) is 4.86. The van der Waals surface area contributed by atoms with Crippen LogP contribution in [-0.4, -0.2) is 6.04 Å². The second-order valence-electron chi connectivity index (χ2n) is 4.02. The second-order valence-corrected chi connectivity index (χ2v) is 4.02. The molecule has 2 rings (SSSR count). The first-order valence-corrected chi connectivity index (χ1v) is 4.62. The van der Waals surface area contributed by atoms with E-state index in [9.17, 15) is 0 Å². The summed E-state index contributed by atoms with van der Waals surface area (Å²) in [6, 6.07) is 0.541. The van der Waals surface area contributed by atoms with Crippen LogP contribution >= 0.6 is 0 Å². The van der Waals surface area contributed by atoms with Gasteiger partial charge in [0.2, 0.25) is 0 Å². The topological polar surface area (TPSA) is 26.0 Å². The van der Waals surface area contributed by atoms with E-state index in [0.717, 1.165) is 11.8 Å². The first-order valence-electron chi connectivity index (χ1n) is 4.62. The molecule has 0 saturated heterocycles. The maximum Gasteiger partial charge on any atom is 0.00416 e. The molecule has 0 aliphatic heterocycles. The predicted octanol–water partition coefficient (Wildman–Crippen LogP) is 1.91. The van der Waals surface area contributed by atoms with Gasteiger partial charge in [0.05, 0.1) is 0 Å². The molecule has 3 atom stereocenters. The highest BCUT2D eigenvalue weighted by molar-refractivity contribution is 4.85. The lowest BCUT2D eigenvalue weighted by Crippen LogP contribution is -2.30. The Morgan fingerprint density at radius 3 is 2.60 bits per heavy atom. The van der Waals surface area contributed by atoms with Crippen molar-refractivity contribution in [3.05, 3.63) is 0 Å². The number of hydrogen-bond donors (Lipinski definition) is 1. The lowest BCUT2D eigenvalue weighted by molar-refractivity contribution is 0.251. The smallest absolute Gasteiger partial charge is 0.00416 e. The normalized spacial score (nSPS) is 47.1. The Bertz CT molecular complexity index is 122. The molecule has 0 bridgehead atoms. The summed E-state index contributed by atoms with van der Waals surface area (Å²) in [7, 11) is 0. The third kappa shape index (κ3) is 1.07. The molecule has 0 aromatic carbocycles. The van der Waals surface area contributed by atoms with E-state index in [-0.39, 0.29) is 0 Å². The van der Waals surface area contributed by atoms with Crippen molar-refractivity contribution in [3.63, 3.8) is 0 Å². The molecular weight excluding hydrogens is 122 g/mol. The van der Waals surface area contributed by atoms with Crippen molar-refractivity contribution in [1.82, 2.24) is 0 Å². The monoisotopic (exact) mass is 139 g/mol. The fourth-order valence-electron chi connectivity index (χ4n) is 2.74. The van der Waals surface area contributed by atoms with Gasteiger partial charge in [-0.2, -0.15) is 0 Å². The molecule has 0 unspecified atom stereocenters. The highest BCUT2D eigenvalue weighted by Crippen LogP contribution is 2.41. The summed E-state index contributed by atoms with van der Waals surface area (Å²) in [6.45, 7) is 0. The third-order valence-electron chi connectivity index (χ3n) is 3.33. The van der Waals surface area contributed by atoms with Crippen LogP contribution in [0.2, 0.25) is 0 Å². The largest absolute Gasteiger partial charge is 0.328 e. The molecule has 1 nitrogen and oxygen atoms in total. The van der Waals surface area contributed by atoms with Gasteiger partial charge in [-0.05, 0) is 31.1 Å². The Morgan fingerprint density at radius 1 is 0.900 bits per heavy atom. The van der Waals surface area contributed by atoms with E-state index in [1.807, 2.05) is 0 Å². The van der Waals surface area contributed by atoms with E-state index < -0.39 is 0 Å². The highest BCUT2D eigenvalue weighted by Gasteiger charge is 2.32. The molecule has 2 aliphatic carbocycles. The molecule has 0 radical (unpaired) electrons. The quantitative estimate of drug-likeness (QED) is 0.545. The number of fused-ring (bicyclic) bond motifs is 1. The third-order valence-corrected chi connectivity index (χ3v) is 3.33. The molecule has 0 amide bonds. The van der Waals surface area contributed by atoms with Gasteiger partial charge < -0.3 is 5.73 Å². The van der Waals surface area contributed by atoms with E-state index in [2.05, 4.69) is 0 Å². The van der Waals surface area contributed by atoms with Crippen LogP contribution in [0.1, 0.15) is 38.5 Å². The van der Waals surface area contributed by atoms with Gasteiger partial charge in [-0.1, -0.05) is 19.3 Å². The molecule has 1 heteroatoms. The van der Waals surface area contributed by atoms with Crippen LogP contribution in [0.4, 0.5) is 0 Å². The van der Waals surface area contributed by atoms with Gasteiger partial charge in [-0.25, -0.2) is 0 Å². The first kappa shape index (κ1) is 6.66. The maximum atomic E-state index is 5.89. The van der Waals surface area contributed by atoms with Crippen molar-refractivity contribution in [2.24, 2.45) is 17.6 Å². The molecule has 0 aromatic rings. The summed E-state index contributed by atoms with van der Waals surface area (Å²) in [6.07, 6.45) is 8.48. The van der Waals surface area contributed by atoms with Crippen LogP contribution in [0.3, 0.4) is 0 Å². The predicted molar refractivity (Wildman–Crippen MR) is 42.7 cm³/mol. The van der Waals surface area contributed by atoms with Gasteiger partial charge in [-0.15, -0.1) is 0 Å². The molecule has 0 aromatic heterocycles. The summed E-state index contributed by atoms with van der Waals surface area (Å²) in [5.74, 6) is 2.09. The Kier molecular flexibility index (Phi) is 1.69. The minimum absolute atomic E-state index is 0.541. The molecule has 2 N–H and O–H groups in total. The molecule has 58 valence electrons. The number of hydrogen-bond acceptors (Lipinski definition) is 1. The van der Waals surface area contributed by atoms with Gasteiger partial charge in [-0.3, -0.25) is 0 Å². The number of rotatable bonds is 0. The van der Waals surface area contributed by atoms with Crippen molar-refractivity contribution in [1.29, 1.82) is 0 Å². The van der Waals surface area contributed by atoms with Crippen LogP contribution in [0.5, 0.6) is 0 Å². The molecule has 10 heavy (non-hydrogen) atoms. The summed E-state index contributed by atoms with van der Waals surface area (Å²) in [5.41, 5.74) is 5.89. The van der Waals surface area contributed by atoms with Crippen LogP contribution < -0.4 is 5.73 Å². The fourth-order valence-corrected chi connectivity index (χ4v) is 2.74. The Balaban J connectivity index is 1.96. The average molecular weight is 139 g/mol. The summed E-state index contributed by atoms with van der Waals surface area (Å²) in [5, 5.41) is 0. The summed E-state index contributed by atoms with van der Waals surface area (Å²) in [4.78, 5) is 0. The van der Waals surface area contributed by atoms with Gasteiger partial charge in [0, 0.05) is 6.04 Å². The maximum absolute atomic E-state index is 5.89. The second kappa shape index (κ2) is 2.54. The van der Waals surface area contributed by atoms with Gasteiger partial charge in [0.25, 0.3) is 0 Å². The zero-order chi connectivity index (χ0) is 6.97. The van der Waals surface area contributed by atoms with Crippen LogP contribution in [0.25, 0.3) is 0 Å². The molecule has 0 spiro atoms. The zero-order valence-electron chi connectivity index (χ0n) is 6.55. The fraction of sp³-hybridized carbons (Fsp3) is 1.00. The molecular formula is C9H17N. The minimum Gasteiger partial charge on any atom is -0.328 e. The lowest BCUT2D eigenvalue weighted by atomic mass is 9.79. The zero-order valence-corrected chi connectivity index (χ0v) is 6.55. The summed E-state index contributed by atoms with van der Waals surface area (Å²) < 4.78 is 0. The van der Waals surface area contributed by atoms with Crippen LogP contribution in [0.15, 0.2) is 0 Å². The standard InChI is InChI=1S/C9H17N/c10-9-5-4-7-2-1-3-8(7)6-9/h7-9H,1-6,10H2/t7-,8-,9-/m0/s1. The SMILES string of the molecule is N[C@H]1CC[C@@H]2CCC[C@H]2C1. The van der Waals surface area contributed by atoms with Crippen molar-refractivity contribution in [2.75, 3.05) is 0 Å². The lowest BCUT2D eigenvalue weighted by Gasteiger charge is -2.29. The van der Waals surface area contributed by atoms with Gasteiger partial charge in [0.15, 0.2) is 0 Å². The molecule has 0 heterocycles. The van der Waals surface area contributed by atoms with E-state index in [1.165, 1.54) is 38.5 Å². The van der Waals surface area contributed by atoms with Crippen molar-refractivity contribution >= 4 is 0 Å². The van der Waals surface area contributed by atoms with E-state index >= 15 is 0 Å². The van der Waals surface area contributed by atoms with Crippen molar-refractivity contribution in [3.8, 4) is 0 Å². The minimum atomic E-state index is 0.541. The van der Waals surface area contributed by atoms with Gasteiger partial charge in [0.1, 0.15) is 0 Å². The van der Waals surface area contributed by atoms with Crippen molar-refractivity contribution in [2.45, 2.75) is 44.6 Å². The van der Waals surface area contributed by atoms with E-state index in [1.54, 1.807) is 0 Å². The van der Waals surface area contributed by atoms with E-state index in [0.29, 0.717) is 6.04 Å². The van der Waals surface area contributed by atoms with Crippen LogP contribution in [0, 0.1) is 11.8 Å². The Labute approximate surface area is 63.0 Å². The van der Waals surface area contributed by atoms with Crippen molar-refractivity contribution < 1.29 is 0 Å². The molecule has 2 fully saturated rings. The van der Waals surface area contributed by atoms with Gasteiger partial charge >= 0.3 is 0 Å². The average Bonchev–Trinajstić information content (AvgIpc) is 2.33. The molecule has 2 saturated carbocycles.